The molecule has 1 aliphatic carbocycles. The topological polar surface area (TPSA) is 70.7 Å². The number of carbonyl (C=O) groups excluding carboxylic acids is 2. The van der Waals surface area contributed by atoms with Crippen molar-refractivity contribution in [1.29, 1.82) is 0 Å². The Morgan fingerprint density at radius 1 is 1.04 bits per heavy atom. The quantitative estimate of drug-likeness (QED) is 0.766. The van der Waals surface area contributed by atoms with E-state index in [-0.39, 0.29) is 18.4 Å². The maximum Gasteiger partial charge on any atom is 0.253 e. The average molecular weight is 381 g/mol. The summed E-state index contributed by atoms with van der Waals surface area (Å²) in [5.74, 6) is 0.539. The van der Waals surface area contributed by atoms with Crippen LogP contribution in [0.25, 0.3) is 0 Å². The van der Waals surface area contributed by atoms with E-state index in [4.69, 9.17) is 4.74 Å². The molecule has 6 nitrogen and oxygen atoms in total. The molecule has 3 rings (SSSR count). The van der Waals surface area contributed by atoms with E-state index in [1.54, 1.807) is 38.4 Å². The van der Waals surface area contributed by atoms with Crippen LogP contribution in [0.2, 0.25) is 0 Å². The van der Waals surface area contributed by atoms with Crippen molar-refractivity contribution in [2.75, 3.05) is 31.3 Å². The van der Waals surface area contributed by atoms with E-state index in [1.807, 2.05) is 24.3 Å². The Hall–Kier alpha value is -3.02. The van der Waals surface area contributed by atoms with Crippen LogP contribution in [0.3, 0.4) is 0 Å². The van der Waals surface area contributed by atoms with Crippen molar-refractivity contribution in [2.24, 2.45) is 0 Å². The summed E-state index contributed by atoms with van der Waals surface area (Å²) in [5, 5.41) is 5.93. The lowest BCUT2D eigenvalue weighted by Gasteiger charge is -2.14. The molecule has 2 N–H and O–H groups in total. The summed E-state index contributed by atoms with van der Waals surface area (Å²) in [6.07, 6.45) is 4.97. The standard InChI is InChI=1S/C22H27N3O3/c1-25(2)22(27)16-7-5-9-18(13-16)24-21(26)15-23-17-8-6-12-20(14-17)28-19-10-3-4-11-19/h5-9,12-14,19,23H,3-4,10-11,15H2,1-2H3,(H,24,26). The molecule has 0 saturated heterocycles. The molecule has 6 heteroatoms. The highest BCUT2D eigenvalue weighted by atomic mass is 16.5. The fraction of sp³-hybridized carbons (Fsp3) is 0.364. The average Bonchev–Trinajstić information content (AvgIpc) is 3.19. The predicted molar refractivity (Wildman–Crippen MR) is 111 cm³/mol. The van der Waals surface area contributed by atoms with Gasteiger partial charge in [-0.2, -0.15) is 0 Å². The lowest BCUT2D eigenvalue weighted by molar-refractivity contribution is -0.114. The van der Waals surface area contributed by atoms with Gasteiger partial charge in [-0.3, -0.25) is 9.59 Å². The highest BCUT2D eigenvalue weighted by molar-refractivity contribution is 5.97. The molecule has 0 spiro atoms. The van der Waals surface area contributed by atoms with Gasteiger partial charge in [0.05, 0.1) is 12.6 Å². The van der Waals surface area contributed by atoms with E-state index in [0.29, 0.717) is 17.4 Å². The smallest absolute Gasteiger partial charge is 0.253 e. The second-order valence-corrected chi connectivity index (χ2v) is 7.23. The molecule has 0 aromatic heterocycles. The Labute approximate surface area is 165 Å². The summed E-state index contributed by atoms with van der Waals surface area (Å²) in [5.41, 5.74) is 1.97. The number of hydrogen-bond acceptors (Lipinski definition) is 4. The van der Waals surface area contributed by atoms with Gasteiger partial charge in [0, 0.05) is 37.1 Å². The highest BCUT2D eigenvalue weighted by Crippen LogP contribution is 2.25. The number of amides is 2. The summed E-state index contributed by atoms with van der Waals surface area (Å²) >= 11 is 0. The summed E-state index contributed by atoms with van der Waals surface area (Å²) in [6, 6.07) is 14.6. The first-order valence-electron chi connectivity index (χ1n) is 9.63. The summed E-state index contributed by atoms with van der Waals surface area (Å²) < 4.78 is 6.00. The van der Waals surface area contributed by atoms with Gasteiger partial charge in [-0.25, -0.2) is 0 Å². The molecule has 148 valence electrons. The molecule has 28 heavy (non-hydrogen) atoms. The third-order valence-electron chi connectivity index (χ3n) is 4.69. The van der Waals surface area contributed by atoms with Gasteiger partial charge >= 0.3 is 0 Å². The first kappa shape index (κ1) is 19.7. The monoisotopic (exact) mass is 381 g/mol. The molecule has 1 aliphatic rings. The molecule has 2 amide bonds. The van der Waals surface area contributed by atoms with Crippen LogP contribution in [-0.4, -0.2) is 43.5 Å². The van der Waals surface area contributed by atoms with Gasteiger partial charge in [0.15, 0.2) is 0 Å². The fourth-order valence-corrected chi connectivity index (χ4v) is 3.25. The minimum atomic E-state index is -0.184. The lowest BCUT2D eigenvalue weighted by atomic mass is 10.2. The summed E-state index contributed by atoms with van der Waals surface area (Å²) in [7, 11) is 3.39. The van der Waals surface area contributed by atoms with Gasteiger partial charge < -0.3 is 20.3 Å². The molecule has 0 heterocycles. The van der Waals surface area contributed by atoms with Crippen LogP contribution in [-0.2, 0) is 4.79 Å². The first-order chi connectivity index (χ1) is 13.5. The van der Waals surface area contributed by atoms with Crippen LogP contribution < -0.4 is 15.4 Å². The maximum absolute atomic E-state index is 12.3. The van der Waals surface area contributed by atoms with Gasteiger partial charge in [0.2, 0.25) is 5.91 Å². The molecule has 0 unspecified atom stereocenters. The van der Waals surface area contributed by atoms with Crippen LogP contribution in [0.5, 0.6) is 5.75 Å². The van der Waals surface area contributed by atoms with E-state index >= 15 is 0 Å². The van der Waals surface area contributed by atoms with Crippen LogP contribution in [0.15, 0.2) is 48.5 Å². The Bertz CT molecular complexity index is 829. The minimum Gasteiger partial charge on any atom is -0.490 e. The Kier molecular flexibility index (Phi) is 6.53. The van der Waals surface area contributed by atoms with Crippen molar-refractivity contribution >= 4 is 23.2 Å². The first-order valence-corrected chi connectivity index (χ1v) is 9.63. The zero-order valence-corrected chi connectivity index (χ0v) is 16.4. The number of hydrogen-bond donors (Lipinski definition) is 2. The van der Waals surface area contributed by atoms with Crippen LogP contribution in [0, 0.1) is 0 Å². The third kappa shape index (κ3) is 5.49. The maximum atomic E-state index is 12.3. The number of nitrogens with zero attached hydrogens (tertiary/aromatic N) is 1. The van der Waals surface area contributed by atoms with Crippen LogP contribution in [0.4, 0.5) is 11.4 Å². The van der Waals surface area contributed by atoms with Gasteiger partial charge in [-0.1, -0.05) is 12.1 Å². The van der Waals surface area contributed by atoms with Gasteiger partial charge in [-0.05, 0) is 56.0 Å². The van der Waals surface area contributed by atoms with Crippen molar-refractivity contribution < 1.29 is 14.3 Å². The predicted octanol–water partition coefficient (Wildman–Crippen LogP) is 3.76. The summed E-state index contributed by atoms with van der Waals surface area (Å²) in [6.45, 7) is 0.124. The van der Waals surface area contributed by atoms with Gasteiger partial charge in [0.1, 0.15) is 5.75 Å². The molecule has 2 aromatic rings. The zero-order valence-electron chi connectivity index (χ0n) is 16.4. The normalized spacial score (nSPS) is 13.8. The van der Waals surface area contributed by atoms with Crippen LogP contribution >= 0.6 is 0 Å². The number of nitrogens with one attached hydrogen (secondary N) is 2. The zero-order chi connectivity index (χ0) is 19.9. The SMILES string of the molecule is CN(C)C(=O)c1cccc(NC(=O)CNc2cccc(OC3CCCC3)c2)c1. The lowest BCUT2D eigenvalue weighted by Crippen LogP contribution is -2.23. The van der Waals surface area contributed by atoms with E-state index in [1.165, 1.54) is 17.7 Å². The molecule has 0 bridgehead atoms. The molecule has 1 saturated carbocycles. The number of benzene rings is 2. The van der Waals surface area contributed by atoms with Crippen molar-refractivity contribution in [3.63, 3.8) is 0 Å². The molecule has 0 atom stereocenters. The minimum absolute atomic E-state index is 0.103. The second kappa shape index (κ2) is 9.26. The Morgan fingerprint density at radius 3 is 2.50 bits per heavy atom. The molecule has 0 radical (unpaired) electrons. The van der Waals surface area contributed by atoms with Gasteiger partial charge in [0.25, 0.3) is 5.91 Å². The molecule has 2 aromatic carbocycles. The molecule has 1 fully saturated rings. The Morgan fingerprint density at radius 2 is 1.75 bits per heavy atom. The number of carbonyl (C=O) groups is 2. The Balaban J connectivity index is 1.53. The highest BCUT2D eigenvalue weighted by Gasteiger charge is 2.16. The van der Waals surface area contributed by atoms with Gasteiger partial charge in [-0.15, -0.1) is 0 Å². The van der Waals surface area contributed by atoms with Crippen molar-refractivity contribution in [2.45, 2.75) is 31.8 Å². The molecular formula is C22H27N3O3. The second-order valence-electron chi connectivity index (χ2n) is 7.23. The molecule has 0 aliphatic heterocycles. The third-order valence-corrected chi connectivity index (χ3v) is 4.69. The number of rotatable bonds is 7. The van der Waals surface area contributed by atoms with Crippen molar-refractivity contribution in [3.05, 3.63) is 54.1 Å². The van der Waals surface area contributed by atoms with E-state index in [9.17, 15) is 9.59 Å². The van der Waals surface area contributed by atoms with Crippen molar-refractivity contribution in [3.8, 4) is 5.75 Å². The summed E-state index contributed by atoms with van der Waals surface area (Å²) in [4.78, 5) is 25.8. The fourth-order valence-electron chi connectivity index (χ4n) is 3.25. The van der Waals surface area contributed by atoms with E-state index in [2.05, 4.69) is 10.6 Å². The van der Waals surface area contributed by atoms with E-state index in [0.717, 1.165) is 24.3 Å². The molecular weight excluding hydrogens is 354 g/mol. The number of anilines is 2. The largest absolute Gasteiger partial charge is 0.490 e. The van der Waals surface area contributed by atoms with Crippen LogP contribution in [0.1, 0.15) is 36.0 Å². The van der Waals surface area contributed by atoms with E-state index < -0.39 is 0 Å². The number of ether oxygens (including phenoxy) is 1. The van der Waals surface area contributed by atoms with Crippen molar-refractivity contribution in [1.82, 2.24) is 4.90 Å².